The average Bonchev–Trinajstić information content (AvgIpc) is 3.46. The van der Waals surface area contributed by atoms with Gasteiger partial charge in [-0.15, -0.1) is 11.6 Å². The van der Waals surface area contributed by atoms with Gasteiger partial charge >= 0.3 is 6.03 Å². The SMILES string of the molecule is C=CC=O.COc1ccccc1CC(Cl)C=O.COc1ccccc1Cc1cnc(N)o1.COc1ccccc1N.NC(N)=O. The van der Waals surface area contributed by atoms with Gasteiger partial charge in [-0.3, -0.25) is 4.79 Å². The first-order chi connectivity index (χ1) is 21.6. The topological polar surface area (TPSA) is 209 Å². The third-order valence-corrected chi connectivity index (χ3v) is 5.38. The summed E-state index contributed by atoms with van der Waals surface area (Å²) in [7, 11) is 4.85. The quantitative estimate of drug-likeness (QED) is 0.0865. The van der Waals surface area contributed by atoms with E-state index in [1.807, 2.05) is 66.7 Å². The monoisotopic (exact) mass is 641 g/mol. The number of primary amides is 2. The van der Waals surface area contributed by atoms with E-state index in [-0.39, 0.29) is 6.01 Å². The number of methoxy groups -OCH3 is 3. The van der Waals surface area contributed by atoms with Crippen LogP contribution in [0, 0.1) is 0 Å². The number of halogens is 1. The van der Waals surface area contributed by atoms with Gasteiger partial charge < -0.3 is 46.4 Å². The number of hydrogen-bond donors (Lipinski definition) is 4. The highest BCUT2D eigenvalue weighted by molar-refractivity contribution is 6.27. The Hall–Kier alpha value is -5.49. The molecule has 0 saturated heterocycles. The van der Waals surface area contributed by atoms with E-state index in [9.17, 15) is 4.79 Å². The number of allylic oxidation sites excluding steroid dienone is 1. The molecule has 1 aromatic heterocycles. The van der Waals surface area contributed by atoms with Gasteiger partial charge in [0.25, 0.3) is 6.01 Å². The Morgan fingerprint density at radius 1 is 0.867 bits per heavy atom. The summed E-state index contributed by atoms with van der Waals surface area (Å²) in [5.74, 6) is 3.08. The molecule has 0 saturated carbocycles. The molecule has 3 aromatic carbocycles. The Labute approximate surface area is 267 Å². The smallest absolute Gasteiger partial charge is 0.309 e. The average molecular weight is 642 g/mol. The standard InChI is InChI=1S/C11H12N2O2.C10H11ClO2.C7H9NO.C3H4O.CH4N2O/c1-14-10-5-3-2-4-8(10)6-9-7-13-11(12)15-9;1-13-10-5-3-2-4-8(10)6-9(11)7-12;1-9-7-5-3-2-4-6(7)8;1-2-3-4;2-1(3)4/h2-5,7H,6H2,1H3,(H2,12,13);2-5,7,9H,6H2,1H3;2-5H,8H2,1H3;2-3H,1H2;(H4,2,3,4). The molecule has 0 radical (unpaired) electrons. The summed E-state index contributed by atoms with van der Waals surface area (Å²) in [6.45, 7) is 3.11. The van der Waals surface area contributed by atoms with E-state index >= 15 is 0 Å². The number of benzene rings is 3. The highest BCUT2D eigenvalue weighted by atomic mass is 35.5. The lowest BCUT2D eigenvalue weighted by Crippen LogP contribution is -2.18. The summed E-state index contributed by atoms with van der Waals surface area (Å²) in [6, 6.07) is 22.1. The van der Waals surface area contributed by atoms with Crippen LogP contribution in [0.3, 0.4) is 0 Å². The second kappa shape index (κ2) is 24.0. The molecule has 0 aliphatic carbocycles. The number of ether oxygens (including phenoxy) is 3. The van der Waals surface area contributed by atoms with Gasteiger partial charge in [0, 0.05) is 12.0 Å². The number of oxazole rings is 1. The fourth-order valence-corrected chi connectivity index (χ4v) is 3.40. The van der Waals surface area contributed by atoms with Gasteiger partial charge in [0.1, 0.15) is 35.6 Å². The highest BCUT2D eigenvalue weighted by Gasteiger charge is 2.08. The van der Waals surface area contributed by atoms with Crippen LogP contribution in [-0.4, -0.2) is 50.3 Å². The van der Waals surface area contributed by atoms with Crippen LogP contribution < -0.4 is 37.1 Å². The third-order valence-electron chi connectivity index (χ3n) is 5.12. The molecule has 13 heteroatoms. The zero-order valence-electron chi connectivity index (χ0n) is 25.4. The normalized spacial score (nSPS) is 9.69. The lowest BCUT2D eigenvalue weighted by molar-refractivity contribution is -0.107. The number of anilines is 2. The molecule has 242 valence electrons. The van der Waals surface area contributed by atoms with Gasteiger partial charge in [0.2, 0.25) is 0 Å². The van der Waals surface area contributed by atoms with Crippen LogP contribution in [0.15, 0.2) is 96.1 Å². The molecule has 0 fully saturated rings. The molecular formula is C32H40ClN5O7. The summed E-state index contributed by atoms with van der Waals surface area (Å²) in [5.41, 5.74) is 22.1. The number of alkyl halides is 1. The molecule has 0 bridgehead atoms. The van der Waals surface area contributed by atoms with E-state index in [1.165, 1.54) is 6.08 Å². The van der Waals surface area contributed by atoms with Crippen molar-refractivity contribution in [2.45, 2.75) is 18.2 Å². The van der Waals surface area contributed by atoms with E-state index in [0.29, 0.717) is 24.8 Å². The lowest BCUT2D eigenvalue weighted by Gasteiger charge is -2.07. The maximum absolute atomic E-state index is 10.3. The number of aldehydes is 2. The van der Waals surface area contributed by atoms with Gasteiger partial charge in [0.15, 0.2) is 0 Å². The van der Waals surface area contributed by atoms with Crippen LogP contribution in [0.4, 0.5) is 16.5 Å². The number of para-hydroxylation sites is 4. The molecule has 0 aliphatic rings. The van der Waals surface area contributed by atoms with Gasteiger partial charge in [-0.2, -0.15) is 0 Å². The first-order valence-corrected chi connectivity index (χ1v) is 13.5. The molecule has 1 heterocycles. The highest BCUT2D eigenvalue weighted by Crippen LogP contribution is 2.22. The Balaban J connectivity index is 0.000000588. The van der Waals surface area contributed by atoms with Crippen molar-refractivity contribution in [1.82, 2.24) is 4.98 Å². The van der Waals surface area contributed by atoms with Crippen LogP contribution in [0.2, 0.25) is 0 Å². The molecular weight excluding hydrogens is 602 g/mol. The Kier molecular flexibility index (Phi) is 21.1. The molecule has 1 unspecified atom stereocenters. The van der Waals surface area contributed by atoms with Crippen LogP contribution in [0.1, 0.15) is 16.9 Å². The fourth-order valence-electron chi connectivity index (χ4n) is 3.24. The minimum absolute atomic E-state index is 0.194. The number of carbonyl (C=O) groups is 3. The maximum atomic E-state index is 10.3. The number of nitrogen functional groups attached to an aromatic ring is 2. The first kappa shape index (κ1) is 39.5. The van der Waals surface area contributed by atoms with Crippen molar-refractivity contribution < 1.29 is 33.0 Å². The van der Waals surface area contributed by atoms with Crippen molar-refractivity contribution in [2.75, 3.05) is 32.8 Å². The lowest BCUT2D eigenvalue weighted by atomic mass is 10.1. The molecule has 12 nitrogen and oxygen atoms in total. The predicted molar refractivity (Wildman–Crippen MR) is 177 cm³/mol. The Morgan fingerprint density at radius 2 is 1.31 bits per heavy atom. The van der Waals surface area contributed by atoms with Gasteiger partial charge in [0.05, 0.1) is 38.6 Å². The van der Waals surface area contributed by atoms with Crippen molar-refractivity contribution in [3.8, 4) is 17.2 Å². The van der Waals surface area contributed by atoms with Crippen molar-refractivity contribution in [1.29, 1.82) is 0 Å². The van der Waals surface area contributed by atoms with E-state index in [0.717, 1.165) is 40.4 Å². The van der Waals surface area contributed by atoms with Crippen molar-refractivity contribution in [3.05, 3.63) is 109 Å². The maximum Gasteiger partial charge on any atom is 0.309 e. The predicted octanol–water partition coefficient (Wildman–Crippen LogP) is 4.57. The van der Waals surface area contributed by atoms with Crippen molar-refractivity contribution in [2.24, 2.45) is 11.5 Å². The first-order valence-electron chi connectivity index (χ1n) is 13.1. The minimum atomic E-state index is -0.833. The molecule has 4 rings (SSSR count). The number of nitrogens with two attached hydrogens (primary N) is 4. The second-order valence-electron chi connectivity index (χ2n) is 8.34. The number of aromatic nitrogens is 1. The minimum Gasteiger partial charge on any atom is -0.496 e. The van der Waals surface area contributed by atoms with Crippen LogP contribution in [-0.2, 0) is 22.4 Å². The van der Waals surface area contributed by atoms with E-state index in [1.54, 1.807) is 33.6 Å². The van der Waals surface area contributed by atoms with E-state index < -0.39 is 11.4 Å². The van der Waals surface area contributed by atoms with Crippen LogP contribution in [0.25, 0.3) is 0 Å². The van der Waals surface area contributed by atoms with E-state index in [2.05, 4.69) is 23.0 Å². The molecule has 8 N–H and O–H groups in total. The number of rotatable bonds is 9. The van der Waals surface area contributed by atoms with Gasteiger partial charge in [-0.05, 0) is 42.3 Å². The molecule has 4 aromatic rings. The third kappa shape index (κ3) is 17.9. The second-order valence-corrected chi connectivity index (χ2v) is 8.90. The molecule has 45 heavy (non-hydrogen) atoms. The van der Waals surface area contributed by atoms with E-state index in [4.69, 9.17) is 51.3 Å². The molecule has 2 amide bonds. The summed E-state index contributed by atoms with van der Waals surface area (Å²) in [6.07, 6.45) is 5.33. The van der Waals surface area contributed by atoms with Crippen molar-refractivity contribution in [3.63, 3.8) is 0 Å². The largest absolute Gasteiger partial charge is 0.496 e. The molecule has 0 aliphatic heterocycles. The summed E-state index contributed by atoms with van der Waals surface area (Å²) in [4.78, 5) is 32.2. The zero-order chi connectivity index (χ0) is 34.0. The fraction of sp³-hybridized carbons (Fsp3) is 0.188. The number of nitrogens with zero attached hydrogens (tertiary/aromatic N) is 1. The summed E-state index contributed by atoms with van der Waals surface area (Å²) in [5, 5.41) is -0.476. The van der Waals surface area contributed by atoms with Crippen LogP contribution >= 0.6 is 11.6 Å². The number of carbonyl (C=O) groups excluding carboxylic acids is 3. The zero-order valence-corrected chi connectivity index (χ0v) is 26.2. The molecule has 0 spiro atoms. The number of amides is 2. The number of hydrogen-bond acceptors (Lipinski definition) is 10. The number of urea groups is 1. The summed E-state index contributed by atoms with van der Waals surface area (Å²) >= 11 is 5.71. The Morgan fingerprint density at radius 3 is 1.71 bits per heavy atom. The Bertz CT molecular complexity index is 1420. The van der Waals surface area contributed by atoms with Crippen molar-refractivity contribution >= 4 is 41.9 Å². The summed E-state index contributed by atoms with van der Waals surface area (Å²) < 4.78 is 20.5. The van der Waals surface area contributed by atoms with Gasteiger partial charge in [-0.1, -0.05) is 55.1 Å². The molecule has 1 atom stereocenters. The van der Waals surface area contributed by atoms with Crippen LogP contribution in [0.5, 0.6) is 17.2 Å². The van der Waals surface area contributed by atoms with Gasteiger partial charge in [-0.25, -0.2) is 9.78 Å².